The highest BCUT2D eigenvalue weighted by molar-refractivity contribution is 6.42. The monoisotopic (exact) mass is 460 g/mol. The first-order valence-electron chi connectivity index (χ1n) is 10.9. The molecule has 31 heavy (non-hydrogen) atoms. The number of ketones is 1. The minimum Gasteiger partial charge on any atom is -0.352 e. The summed E-state index contributed by atoms with van der Waals surface area (Å²) in [6.07, 6.45) is 3.56. The Hall–Kier alpha value is -1.88. The Kier molecular flexibility index (Phi) is 8.53. The van der Waals surface area contributed by atoms with Crippen LogP contribution in [0.3, 0.4) is 0 Å². The number of likely N-dealkylation sites (tertiary alicyclic amines) is 1. The molecule has 6 heteroatoms. The number of carbonyl (C=O) groups excluding carboxylic acids is 2. The molecule has 1 saturated heterocycles. The third kappa shape index (κ3) is 6.55. The first-order chi connectivity index (χ1) is 14.8. The number of nitrogens with one attached hydrogen (secondary N) is 1. The van der Waals surface area contributed by atoms with Crippen LogP contribution in [-0.4, -0.2) is 42.8 Å². The highest BCUT2D eigenvalue weighted by Crippen LogP contribution is 2.27. The lowest BCUT2D eigenvalue weighted by molar-refractivity contribution is 0.0789. The van der Waals surface area contributed by atoms with Crippen LogP contribution in [0.2, 0.25) is 10.0 Å². The Morgan fingerprint density at radius 1 is 0.968 bits per heavy atom. The number of nitrogens with zero attached hydrogens (tertiary/aromatic N) is 1. The molecule has 1 aliphatic rings. The van der Waals surface area contributed by atoms with Crippen LogP contribution >= 0.6 is 23.2 Å². The first kappa shape index (κ1) is 23.8. The summed E-state index contributed by atoms with van der Waals surface area (Å²) in [4.78, 5) is 28.4. The van der Waals surface area contributed by atoms with E-state index in [1.807, 2.05) is 38.1 Å². The molecule has 4 nitrogen and oxygen atoms in total. The van der Waals surface area contributed by atoms with Crippen LogP contribution in [0.4, 0.5) is 0 Å². The molecule has 0 radical (unpaired) electrons. The summed E-state index contributed by atoms with van der Waals surface area (Å²) in [6.45, 7) is 7.14. The highest BCUT2D eigenvalue weighted by atomic mass is 35.5. The number of Topliss-reactive ketones (excluding diaryl/α,β-unsaturated/α-hetero) is 1. The van der Waals surface area contributed by atoms with Crippen LogP contribution in [0.25, 0.3) is 0 Å². The summed E-state index contributed by atoms with van der Waals surface area (Å²) in [5.74, 6) is -0.348. The van der Waals surface area contributed by atoms with Crippen LogP contribution in [0.15, 0.2) is 42.5 Å². The van der Waals surface area contributed by atoms with Crippen LogP contribution in [0.1, 0.15) is 52.5 Å². The van der Waals surface area contributed by atoms with Gasteiger partial charge in [0.15, 0.2) is 5.78 Å². The summed E-state index contributed by atoms with van der Waals surface area (Å²) in [5, 5.41) is 3.82. The molecule has 0 aliphatic carbocycles. The van der Waals surface area contributed by atoms with Gasteiger partial charge < -0.3 is 10.2 Å². The van der Waals surface area contributed by atoms with E-state index in [0.29, 0.717) is 34.3 Å². The van der Waals surface area contributed by atoms with Gasteiger partial charge in [0.05, 0.1) is 10.0 Å². The van der Waals surface area contributed by atoms with E-state index in [1.54, 1.807) is 18.2 Å². The SMILES string of the molecule is Cc1ccc(C(=O)NCC(C)C(CN2CCCCC2)C(=O)c2ccc(Cl)c(Cl)c2)cc1. The summed E-state index contributed by atoms with van der Waals surface area (Å²) >= 11 is 12.2. The molecule has 1 N–H and O–H groups in total. The standard InChI is InChI=1S/C25H30Cl2N2O2/c1-17-6-8-19(9-7-17)25(31)28-15-18(2)21(16-29-12-4-3-5-13-29)24(30)20-10-11-22(26)23(27)14-20/h6-11,14,18,21H,3-5,12-13,15-16H2,1-2H3,(H,28,31). The Balaban J connectivity index is 1.72. The van der Waals surface area contributed by atoms with Gasteiger partial charge in [-0.25, -0.2) is 0 Å². The average Bonchev–Trinajstić information content (AvgIpc) is 2.78. The molecule has 2 unspecified atom stereocenters. The second-order valence-electron chi connectivity index (χ2n) is 8.51. The molecule has 1 heterocycles. The Labute approximate surface area is 194 Å². The fourth-order valence-corrected chi connectivity index (χ4v) is 4.31. The van der Waals surface area contributed by atoms with Crippen molar-refractivity contribution in [1.29, 1.82) is 0 Å². The smallest absolute Gasteiger partial charge is 0.251 e. The zero-order valence-electron chi connectivity index (χ0n) is 18.2. The fourth-order valence-electron chi connectivity index (χ4n) is 4.01. The van der Waals surface area contributed by atoms with Crippen molar-refractivity contribution in [2.24, 2.45) is 11.8 Å². The third-order valence-corrected chi connectivity index (χ3v) is 6.77. The molecule has 0 saturated carbocycles. The van der Waals surface area contributed by atoms with E-state index >= 15 is 0 Å². The van der Waals surface area contributed by atoms with Gasteiger partial charge in [-0.3, -0.25) is 9.59 Å². The molecular formula is C25H30Cl2N2O2. The number of carbonyl (C=O) groups is 2. The van der Waals surface area contributed by atoms with Crippen LogP contribution in [0, 0.1) is 18.8 Å². The molecule has 0 spiro atoms. The Morgan fingerprint density at radius 2 is 1.61 bits per heavy atom. The van der Waals surface area contributed by atoms with Gasteiger partial charge in [0.2, 0.25) is 0 Å². The third-order valence-electron chi connectivity index (χ3n) is 6.03. The molecule has 1 aliphatic heterocycles. The van der Waals surface area contributed by atoms with Gasteiger partial charge in [-0.2, -0.15) is 0 Å². The normalized spacial score (nSPS) is 16.5. The highest BCUT2D eigenvalue weighted by Gasteiger charge is 2.29. The van der Waals surface area contributed by atoms with Gasteiger partial charge in [0.25, 0.3) is 5.91 Å². The van der Waals surface area contributed by atoms with Gasteiger partial charge in [-0.1, -0.05) is 54.2 Å². The summed E-state index contributed by atoms with van der Waals surface area (Å²) < 4.78 is 0. The van der Waals surface area contributed by atoms with Crippen molar-refractivity contribution in [2.75, 3.05) is 26.2 Å². The van der Waals surface area contributed by atoms with E-state index in [4.69, 9.17) is 23.2 Å². The summed E-state index contributed by atoms with van der Waals surface area (Å²) in [6, 6.07) is 12.5. The number of hydrogen-bond acceptors (Lipinski definition) is 3. The zero-order valence-corrected chi connectivity index (χ0v) is 19.7. The van der Waals surface area contributed by atoms with Crippen LogP contribution in [0.5, 0.6) is 0 Å². The van der Waals surface area contributed by atoms with E-state index < -0.39 is 0 Å². The van der Waals surface area contributed by atoms with Crippen molar-refractivity contribution in [3.8, 4) is 0 Å². The van der Waals surface area contributed by atoms with E-state index in [2.05, 4.69) is 10.2 Å². The van der Waals surface area contributed by atoms with Gasteiger partial charge in [0.1, 0.15) is 0 Å². The average molecular weight is 461 g/mol. The number of amides is 1. The number of rotatable bonds is 8. The molecule has 166 valence electrons. The maximum absolute atomic E-state index is 13.4. The lowest BCUT2D eigenvalue weighted by Crippen LogP contribution is -2.42. The molecule has 0 aromatic heterocycles. The largest absolute Gasteiger partial charge is 0.352 e. The number of hydrogen-bond donors (Lipinski definition) is 1. The molecule has 3 rings (SSSR count). The minimum atomic E-state index is -0.242. The van der Waals surface area contributed by atoms with Gasteiger partial charge >= 0.3 is 0 Å². The second-order valence-corrected chi connectivity index (χ2v) is 9.33. The molecule has 1 fully saturated rings. The van der Waals surface area contributed by atoms with Gasteiger partial charge in [0, 0.05) is 30.1 Å². The molecule has 1 amide bonds. The van der Waals surface area contributed by atoms with Gasteiger partial charge in [-0.15, -0.1) is 0 Å². The predicted octanol–water partition coefficient (Wildman–Crippen LogP) is 5.65. The van der Waals surface area contributed by atoms with E-state index in [-0.39, 0.29) is 23.5 Å². The molecule has 2 atom stereocenters. The predicted molar refractivity (Wildman–Crippen MR) is 127 cm³/mol. The van der Waals surface area contributed by atoms with Crippen LogP contribution < -0.4 is 5.32 Å². The van der Waals surface area contributed by atoms with Crippen molar-refractivity contribution in [1.82, 2.24) is 10.2 Å². The Morgan fingerprint density at radius 3 is 2.26 bits per heavy atom. The van der Waals surface area contributed by atoms with Crippen molar-refractivity contribution in [3.05, 3.63) is 69.2 Å². The van der Waals surface area contributed by atoms with E-state index in [0.717, 1.165) is 31.5 Å². The zero-order chi connectivity index (χ0) is 22.4. The molecule has 2 aromatic rings. The quantitative estimate of drug-likeness (QED) is 0.517. The fraction of sp³-hybridized carbons (Fsp3) is 0.440. The summed E-state index contributed by atoms with van der Waals surface area (Å²) in [5.41, 5.74) is 2.30. The van der Waals surface area contributed by atoms with Crippen molar-refractivity contribution < 1.29 is 9.59 Å². The lowest BCUT2D eigenvalue weighted by atomic mass is 9.85. The minimum absolute atomic E-state index is 0.0294. The second kappa shape index (κ2) is 11.1. The van der Waals surface area contributed by atoms with E-state index in [9.17, 15) is 9.59 Å². The molecule has 2 aromatic carbocycles. The first-order valence-corrected chi connectivity index (χ1v) is 11.7. The summed E-state index contributed by atoms with van der Waals surface area (Å²) in [7, 11) is 0. The van der Waals surface area contributed by atoms with Crippen molar-refractivity contribution in [3.63, 3.8) is 0 Å². The van der Waals surface area contributed by atoms with Crippen LogP contribution in [-0.2, 0) is 0 Å². The lowest BCUT2D eigenvalue weighted by Gasteiger charge is -2.32. The maximum atomic E-state index is 13.4. The molecule has 0 bridgehead atoms. The Bertz CT molecular complexity index is 908. The number of piperidine rings is 1. The number of halogens is 2. The number of benzene rings is 2. The number of aryl methyl sites for hydroxylation is 1. The van der Waals surface area contributed by atoms with E-state index in [1.165, 1.54) is 6.42 Å². The maximum Gasteiger partial charge on any atom is 0.251 e. The topological polar surface area (TPSA) is 49.4 Å². The van der Waals surface area contributed by atoms with Gasteiger partial charge in [-0.05, 0) is 69.1 Å². The molecular weight excluding hydrogens is 431 g/mol. The van der Waals surface area contributed by atoms with Crippen molar-refractivity contribution >= 4 is 34.9 Å². The van der Waals surface area contributed by atoms with Crippen molar-refractivity contribution in [2.45, 2.75) is 33.1 Å².